The van der Waals surface area contributed by atoms with E-state index in [-0.39, 0.29) is 11.8 Å². The standard InChI is InChI=1S/C28H24N8OS/c1-15-6-9-22(38-15)19-10-11-30-26-23(19)33-27(34-26)25-24-21(35-36-25)8-7-20(32-24)17-12-18(14-29-13-17)31-28(37)16-4-2-3-5-16/h6-14,16H,2-5H2,1H3,(H,31,37)(H,35,36)(H,30,33,34). The summed E-state index contributed by atoms with van der Waals surface area (Å²) in [6, 6.07) is 12.0. The number of fused-ring (bicyclic) bond motifs is 2. The lowest BCUT2D eigenvalue weighted by molar-refractivity contribution is -0.119. The fourth-order valence-electron chi connectivity index (χ4n) is 5.11. The summed E-state index contributed by atoms with van der Waals surface area (Å²) in [5, 5.41) is 10.6. The highest BCUT2D eigenvalue weighted by Gasteiger charge is 2.23. The van der Waals surface area contributed by atoms with Crippen molar-refractivity contribution < 1.29 is 4.79 Å². The normalized spacial score (nSPS) is 14.0. The van der Waals surface area contributed by atoms with Gasteiger partial charge in [-0.1, -0.05) is 12.8 Å². The van der Waals surface area contributed by atoms with Crippen LogP contribution in [0.2, 0.25) is 0 Å². The van der Waals surface area contributed by atoms with Gasteiger partial charge in [-0.25, -0.2) is 15.0 Å². The number of amides is 1. The lowest BCUT2D eigenvalue weighted by atomic mass is 10.1. The van der Waals surface area contributed by atoms with E-state index in [1.54, 1.807) is 29.9 Å². The Labute approximate surface area is 221 Å². The molecule has 0 bridgehead atoms. The number of pyridine rings is 3. The number of aromatic amines is 2. The molecule has 1 saturated carbocycles. The maximum absolute atomic E-state index is 12.6. The van der Waals surface area contributed by atoms with Crippen LogP contribution in [0.1, 0.15) is 30.6 Å². The molecule has 0 unspecified atom stereocenters. The molecular weight excluding hydrogens is 496 g/mol. The van der Waals surface area contributed by atoms with Crippen LogP contribution in [0.5, 0.6) is 0 Å². The first-order valence-corrected chi connectivity index (χ1v) is 13.5. The Kier molecular flexibility index (Phi) is 5.47. The largest absolute Gasteiger partial charge is 0.324 e. The Balaban J connectivity index is 1.24. The van der Waals surface area contributed by atoms with E-state index in [1.807, 2.05) is 24.3 Å². The van der Waals surface area contributed by atoms with E-state index in [4.69, 9.17) is 9.97 Å². The number of carbonyl (C=O) groups excluding carboxylic acids is 1. The smallest absolute Gasteiger partial charge is 0.227 e. The molecule has 1 aliphatic carbocycles. The van der Waals surface area contributed by atoms with Gasteiger partial charge in [-0.05, 0) is 56.2 Å². The predicted molar refractivity (Wildman–Crippen MR) is 149 cm³/mol. The van der Waals surface area contributed by atoms with Crippen LogP contribution < -0.4 is 5.32 Å². The average Bonchev–Trinajstić information content (AvgIpc) is 3.74. The van der Waals surface area contributed by atoms with Crippen LogP contribution in [0.4, 0.5) is 5.69 Å². The molecule has 38 heavy (non-hydrogen) atoms. The van der Waals surface area contributed by atoms with Crippen molar-refractivity contribution in [2.75, 3.05) is 5.32 Å². The minimum Gasteiger partial charge on any atom is -0.324 e. The summed E-state index contributed by atoms with van der Waals surface area (Å²) in [7, 11) is 0. The van der Waals surface area contributed by atoms with Gasteiger partial charge in [-0.15, -0.1) is 11.3 Å². The molecule has 0 aromatic carbocycles. The number of hydrogen-bond donors (Lipinski definition) is 3. The van der Waals surface area contributed by atoms with Crippen molar-refractivity contribution in [1.29, 1.82) is 0 Å². The number of rotatable bonds is 5. The highest BCUT2D eigenvalue weighted by molar-refractivity contribution is 7.15. The van der Waals surface area contributed by atoms with Crippen LogP contribution in [-0.4, -0.2) is 41.0 Å². The maximum atomic E-state index is 12.6. The third kappa shape index (κ3) is 4.03. The zero-order valence-electron chi connectivity index (χ0n) is 20.7. The molecule has 188 valence electrons. The van der Waals surface area contributed by atoms with E-state index in [2.05, 4.69) is 49.5 Å². The molecule has 0 aliphatic heterocycles. The maximum Gasteiger partial charge on any atom is 0.227 e. The summed E-state index contributed by atoms with van der Waals surface area (Å²) in [5.41, 5.74) is 6.85. The molecule has 1 fully saturated rings. The van der Waals surface area contributed by atoms with E-state index < -0.39 is 0 Å². The molecule has 6 aromatic rings. The number of aryl methyl sites for hydroxylation is 1. The molecule has 10 heteroatoms. The summed E-state index contributed by atoms with van der Waals surface area (Å²) >= 11 is 1.73. The van der Waals surface area contributed by atoms with Crippen molar-refractivity contribution in [2.45, 2.75) is 32.6 Å². The molecule has 0 atom stereocenters. The van der Waals surface area contributed by atoms with Crippen molar-refractivity contribution >= 4 is 45.1 Å². The Morgan fingerprint density at radius 1 is 1.05 bits per heavy atom. The average molecular weight is 521 g/mol. The summed E-state index contributed by atoms with van der Waals surface area (Å²) < 4.78 is 0. The van der Waals surface area contributed by atoms with Crippen LogP contribution >= 0.6 is 11.3 Å². The molecule has 6 heterocycles. The number of thiophene rings is 1. The Hall–Kier alpha value is -4.44. The number of carbonyl (C=O) groups is 1. The Morgan fingerprint density at radius 2 is 1.95 bits per heavy atom. The number of hydrogen-bond acceptors (Lipinski definition) is 7. The van der Waals surface area contributed by atoms with Gasteiger partial charge >= 0.3 is 0 Å². The quantitative estimate of drug-likeness (QED) is 0.251. The minimum atomic E-state index is 0.0672. The topological polar surface area (TPSA) is 125 Å². The zero-order chi connectivity index (χ0) is 25.6. The van der Waals surface area contributed by atoms with Crippen LogP contribution in [-0.2, 0) is 4.79 Å². The van der Waals surface area contributed by atoms with Crippen LogP contribution in [0.15, 0.2) is 55.0 Å². The van der Waals surface area contributed by atoms with Gasteiger partial charge in [0.2, 0.25) is 5.91 Å². The van der Waals surface area contributed by atoms with Gasteiger partial charge in [0.05, 0.1) is 23.1 Å². The number of nitrogens with one attached hydrogen (secondary N) is 3. The summed E-state index contributed by atoms with van der Waals surface area (Å²) in [6.45, 7) is 2.09. The molecule has 6 aromatic heterocycles. The number of H-pyrrole nitrogens is 2. The Morgan fingerprint density at radius 3 is 2.79 bits per heavy atom. The minimum absolute atomic E-state index is 0.0672. The van der Waals surface area contributed by atoms with Gasteiger partial charge in [0, 0.05) is 39.2 Å². The Bertz CT molecular complexity index is 1810. The fourth-order valence-corrected chi connectivity index (χ4v) is 6.00. The summed E-state index contributed by atoms with van der Waals surface area (Å²) in [6.07, 6.45) is 9.34. The highest BCUT2D eigenvalue weighted by Crippen LogP contribution is 2.34. The number of nitrogens with zero attached hydrogens (tertiary/aromatic N) is 5. The third-order valence-corrected chi connectivity index (χ3v) is 8.08. The first-order chi connectivity index (χ1) is 18.6. The van der Waals surface area contributed by atoms with Gasteiger partial charge < -0.3 is 10.3 Å². The van der Waals surface area contributed by atoms with Gasteiger partial charge in [-0.2, -0.15) is 5.10 Å². The molecule has 1 aliphatic rings. The van der Waals surface area contributed by atoms with E-state index in [1.165, 1.54) is 4.88 Å². The van der Waals surface area contributed by atoms with Crippen LogP contribution in [0.3, 0.4) is 0 Å². The van der Waals surface area contributed by atoms with Crippen LogP contribution in [0, 0.1) is 12.8 Å². The second kappa shape index (κ2) is 9.14. The predicted octanol–water partition coefficient (Wildman–Crippen LogP) is 6.12. The summed E-state index contributed by atoms with van der Waals surface area (Å²) in [5.74, 6) is 0.752. The number of imidazole rings is 1. The van der Waals surface area contributed by atoms with Gasteiger partial charge in [0.25, 0.3) is 0 Å². The molecule has 0 spiro atoms. The second-order valence-electron chi connectivity index (χ2n) is 9.65. The first kappa shape index (κ1) is 22.7. The van der Waals surface area contributed by atoms with E-state index in [0.717, 1.165) is 58.4 Å². The molecule has 3 N–H and O–H groups in total. The monoisotopic (exact) mass is 520 g/mol. The number of aromatic nitrogens is 7. The number of anilines is 1. The molecular formula is C28H24N8OS. The zero-order valence-corrected chi connectivity index (χ0v) is 21.5. The van der Waals surface area contributed by atoms with Crippen LogP contribution in [0.25, 0.3) is 55.4 Å². The van der Waals surface area contributed by atoms with Gasteiger partial charge in [0.15, 0.2) is 17.2 Å². The lowest BCUT2D eigenvalue weighted by Crippen LogP contribution is -2.20. The van der Waals surface area contributed by atoms with Crippen molar-refractivity contribution in [2.24, 2.45) is 5.92 Å². The van der Waals surface area contributed by atoms with Crippen molar-refractivity contribution in [3.63, 3.8) is 0 Å². The van der Waals surface area contributed by atoms with E-state index in [0.29, 0.717) is 28.4 Å². The van der Waals surface area contributed by atoms with Gasteiger partial charge in [0.1, 0.15) is 11.0 Å². The van der Waals surface area contributed by atoms with Crippen molar-refractivity contribution in [3.05, 3.63) is 59.9 Å². The van der Waals surface area contributed by atoms with E-state index >= 15 is 0 Å². The molecule has 9 nitrogen and oxygen atoms in total. The lowest BCUT2D eigenvalue weighted by Gasteiger charge is -2.11. The SMILES string of the molecule is Cc1ccc(-c2ccnc3[nH]c(-c4n[nH]c5ccc(-c6cncc(NC(=O)C7CCCC7)c6)nc45)nc23)s1. The molecule has 7 rings (SSSR count). The second-order valence-corrected chi connectivity index (χ2v) is 10.9. The first-order valence-electron chi connectivity index (χ1n) is 12.7. The van der Waals surface area contributed by atoms with Crippen molar-refractivity contribution in [3.8, 4) is 33.2 Å². The highest BCUT2D eigenvalue weighted by atomic mass is 32.1. The molecule has 0 saturated heterocycles. The van der Waals surface area contributed by atoms with E-state index in [9.17, 15) is 4.79 Å². The molecule has 1 amide bonds. The molecule has 0 radical (unpaired) electrons. The van der Waals surface area contributed by atoms with Gasteiger partial charge in [-0.3, -0.25) is 14.9 Å². The van der Waals surface area contributed by atoms with Crippen molar-refractivity contribution in [1.82, 2.24) is 35.1 Å². The third-order valence-electron chi connectivity index (χ3n) is 7.05. The fraction of sp³-hybridized carbons (Fsp3) is 0.214. The summed E-state index contributed by atoms with van der Waals surface area (Å²) in [4.78, 5) is 37.0.